The van der Waals surface area contributed by atoms with Crippen molar-refractivity contribution in [3.05, 3.63) is 47.5 Å². The van der Waals surface area contributed by atoms with E-state index in [0.717, 1.165) is 12.1 Å². The van der Waals surface area contributed by atoms with E-state index in [-0.39, 0.29) is 39.8 Å². The highest BCUT2D eigenvalue weighted by atomic mass is 16.3. The number of nitrogens with two attached hydrogens (primary N) is 1. The first-order chi connectivity index (χ1) is 9.02. The first kappa shape index (κ1) is 12.6. The van der Waals surface area contributed by atoms with Crippen LogP contribution in [0.5, 0.6) is 23.0 Å². The average molecular weight is 260 g/mol. The molecule has 0 aliphatic heterocycles. The summed E-state index contributed by atoms with van der Waals surface area (Å²) >= 11 is 0. The third-order valence-corrected chi connectivity index (χ3v) is 2.60. The van der Waals surface area contributed by atoms with Crippen molar-refractivity contribution >= 4 is 5.71 Å². The van der Waals surface area contributed by atoms with Gasteiger partial charge in [-0.1, -0.05) is 0 Å². The third-order valence-electron chi connectivity index (χ3n) is 2.60. The molecule has 0 saturated heterocycles. The minimum absolute atomic E-state index is 0.104. The number of nitrogens with zero attached hydrogens (tertiary/aromatic N) is 1. The summed E-state index contributed by atoms with van der Waals surface area (Å²) in [7, 11) is 0. The number of aromatic hydroxyl groups is 4. The van der Waals surface area contributed by atoms with Gasteiger partial charge in [0.25, 0.3) is 0 Å². The van der Waals surface area contributed by atoms with Gasteiger partial charge in [-0.3, -0.25) is 0 Å². The molecule has 2 rings (SSSR count). The number of phenolic OH excluding ortho intramolecular Hbond substituents is 4. The van der Waals surface area contributed by atoms with E-state index in [0.29, 0.717) is 0 Å². The fourth-order valence-corrected chi connectivity index (χ4v) is 1.72. The number of rotatable bonds is 2. The SMILES string of the molecule is NN=C(c1ccc(O)cc1O)c1ccc(O)cc1O. The van der Waals surface area contributed by atoms with Gasteiger partial charge >= 0.3 is 0 Å². The van der Waals surface area contributed by atoms with Crippen molar-refractivity contribution in [2.24, 2.45) is 10.9 Å². The smallest absolute Gasteiger partial charge is 0.128 e. The summed E-state index contributed by atoms with van der Waals surface area (Å²) < 4.78 is 0. The molecule has 0 unspecified atom stereocenters. The molecule has 0 saturated carbocycles. The van der Waals surface area contributed by atoms with Gasteiger partial charge in [-0.25, -0.2) is 0 Å². The van der Waals surface area contributed by atoms with Crippen LogP contribution in [0.4, 0.5) is 0 Å². The van der Waals surface area contributed by atoms with Gasteiger partial charge in [0.1, 0.15) is 28.7 Å². The lowest BCUT2D eigenvalue weighted by atomic mass is 10.0. The normalized spacial score (nSPS) is 10.1. The van der Waals surface area contributed by atoms with Gasteiger partial charge in [0.05, 0.1) is 0 Å². The van der Waals surface area contributed by atoms with Crippen LogP contribution in [0.1, 0.15) is 11.1 Å². The summed E-state index contributed by atoms with van der Waals surface area (Å²) in [4.78, 5) is 0. The molecule has 6 heteroatoms. The van der Waals surface area contributed by atoms with Crippen LogP contribution in [-0.2, 0) is 0 Å². The Morgan fingerprint density at radius 3 is 1.53 bits per heavy atom. The van der Waals surface area contributed by atoms with E-state index in [2.05, 4.69) is 5.10 Å². The van der Waals surface area contributed by atoms with Crippen molar-refractivity contribution in [3.8, 4) is 23.0 Å². The summed E-state index contributed by atoms with van der Waals surface area (Å²) in [5, 5.41) is 41.6. The number of benzene rings is 2. The molecule has 6 nitrogen and oxygen atoms in total. The van der Waals surface area contributed by atoms with Gasteiger partial charge in [-0.05, 0) is 24.3 Å². The molecule has 2 aromatic carbocycles. The number of hydrazone groups is 1. The molecular weight excluding hydrogens is 248 g/mol. The maximum atomic E-state index is 9.77. The minimum Gasteiger partial charge on any atom is -0.508 e. The zero-order valence-corrected chi connectivity index (χ0v) is 9.78. The molecule has 0 aromatic heterocycles. The Hall–Kier alpha value is -2.89. The number of hydrogen-bond donors (Lipinski definition) is 5. The number of hydrogen-bond acceptors (Lipinski definition) is 6. The second kappa shape index (κ2) is 4.77. The lowest BCUT2D eigenvalue weighted by Crippen LogP contribution is -2.07. The highest BCUT2D eigenvalue weighted by Gasteiger charge is 2.16. The van der Waals surface area contributed by atoms with Gasteiger partial charge in [0.15, 0.2) is 0 Å². The molecular formula is C13H12N2O4. The highest BCUT2D eigenvalue weighted by molar-refractivity contribution is 6.15. The van der Waals surface area contributed by atoms with E-state index in [1.165, 1.54) is 24.3 Å². The molecule has 0 bridgehead atoms. The Kier molecular flexibility index (Phi) is 3.15. The van der Waals surface area contributed by atoms with Gasteiger partial charge in [-0.15, -0.1) is 0 Å². The molecule has 0 aliphatic carbocycles. The molecule has 0 radical (unpaired) electrons. The summed E-state index contributed by atoms with van der Waals surface area (Å²) in [6.07, 6.45) is 0. The third kappa shape index (κ3) is 2.37. The van der Waals surface area contributed by atoms with E-state index in [9.17, 15) is 20.4 Å². The van der Waals surface area contributed by atoms with Crippen LogP contribution in [-0.4, -0.2) is 26.1 Å². The molecule has 0 atom stereocenters. The van der Waals surface area contributed by atoms with Crippen molar-refractivity contribution in [2.75, 3.05) is 0 Å². The van der Waals surface area contributed by atoms with Gasteiger partial charge in [0.2, 0.25) is 0 Å². The predicted octanol–water partition coefficient (Wildman–Crippen LogP) is 1.22. The van der Waals surface area contributed by atoms with Crippen LogP contribution < -0.4 is 5.84 Å². The number of phenols is 4. The second-order valence-corrected chi connectivity index (χ2v) is 3.88. The zero-order valence-electron chi connectivity index (χ0n) is 9.78. The monoisotopic (exact) mass is 260 g/mol. The minimum atomic E-state index is -0.225. The maximum absolute atomic E-state index is 9.77. The molecule has 19 heavy (non-hydrogen) atoms. The Morgan fingerprint density at radius 1 is 0.789 bits per heavy atom. The van der Waals surface area contributed by atoms with Crippen LogP contribution in [0.25, 0.3) is 0 Å². The molecule has 2 aromatic rings. The standard InChI is InChI=1S/C13H12N2O4/c14-15-13(9-3-1-7(16)5-11(9)18)10-4-2-8(17)6-12(10)19/h1-6,16-19H,14H2. The summed E-state index contributed by atoms with van der Waals surface area (Å²) in [6.45, 7) is 0. The van der Waals surface area contributed by atoms with E-state index >= 15 is 0 Å². The van der Waals surface area contributed by atoms with E-state index < -0.39 is 0 Å². The Bertz CT molecular complexity index is 600. The molecule has 98 valence electrons. The van der Waals surface area contributed by atoms with Crippen LogP contribution in [0.2, 0.25) is 0 Å². The fourth-order valence-electron chi connectivity index (χ4n) is 1.72. The second-order valence-electron chi connectivity index (χ2n) is 3.88. The van der Waals surface area contributed by atoms with E-state index in [1.807, 2.05) is 0 Å². The predicted molar refractivity (Wildman–Crippen MR) is 69.4 cm³/mol. The molecule has 0 aliphatic rings. The van der Waals surface area contributed by atoms with Crippen molar-refractivity contribution < 1.29 is 20.4 Å². The Morgan fingerprint density at radius 2 is 1.21 bits per heavy atom. The van der Waals surface area contributed by atoms with Crippen LogP contribution in [0, 0.1) is 0 Å². The maximum Gasteiger partial charge on any atom is 0.128 e. The highest BCUT2D eigenvalue weighted by Crippen LogP contribution is 2.30. The molecule has 0 heterocycles. The van der Waals surface area contributed by atoms with Crippen molar-refractivity contribution in [3.63, 3.8) is 0 Å². The van der Waals surface area contributed by atoms with E-state index in [4.69, 9.17) is 5.84 Å². The molecule has 6 N–H and O–H groups in total. The van der Waals surface area contributed by atoms with Crippen LogP contribution >= 0.6 is 0 Å². The Balaban J connectivity index is 2.57. The van der Waals surface area contributed by atoms with Crippen LogP contribution in [0.3, 0.4) is 0 Å². The lowest BCUT2D eigenvalue weighted by Gasteiger charge is -2.10. The van der Waals surface area contributed by atoms with Gasteiger partial charge in [-0.2, -0.15) is 5.10 Å². The zero-order chi connectivity index (χ0) is 14.0. The van der Waals surface area contributed by atoms with Crippen LogP contribution in [0.15, 0.2) is 41.5 Å². The van der Waals surface area contributed by atoms with Gasteiger partial charge < -0.3 is 26.3 Å². The first-order valence-electron chi connectivity index (χ1n) is 5.35. The lowest BCUT2D eigenvalue weighted by molar-refractivity contribution is 0.449. The van der Waals surface area contributed by atoms with Crippen molar-refractivity contribution in [1.82, 2.24) is 0 Å². The summed E-state index contributed by atoms with van der Waals surface area (Å²) in [5.41, 5.74) is 0.637. The molecule has 0 amide bonds. The summed E-state index contributed by atoms with van der Waals surface area (Å²) in [5.74, 6) is 4.63. The molecule has 0 spiro atoms. The Labute approximate surface area is 108 Å². The summed E-state index contributed by atoms with van der Waals surface area (Å²) in [6, 6.07) is 7.83. The average Bonchev–Trinajstić information content (AvgIpc) is 2.34. The largest absolute Gasteiger partial charge is 0.508 e. The first-order valence-corrected chi connectivity index (χ1v) is 5.35. The van der Waals surface area contributed by atoms with Crippen molar-refractivity contribution in [2.45, 2.75) is 0 Å². The van der Waals surface area contributed by atoms with Crippen molar-refractivity contribution in [1.29, 1.82) is 0 Å². The quantitative estimate of drug-likeness (QED) is 0.316. The van der Waals surface area contributed by atoms with Gasteiger partial charge in [0, 0.05) is 23.3 Å². The topological polar surface area (TPSA) is 119 Å². The fraction of sp³-hybridized carbons (Fsp3) is 0. The van der Waals surface area contributed by atoms with E-state index in [1.54, 1.807) is 0 Å². The molecule has 0 fully saturated rings.